The van der Waals surface area contributed by atoms with Crippen molar-refractivity contribution in [3.63, 3.8) is 0 Å². The van der Waals surface area contributed by atoms with Gasteiger partial charge in [0.15, 0.2) is 5.13 Å². The van der Waals surface area contributed by atoms with Gasteiger partial charge in [0.25, 0.3) is 0 Å². The SMILES string of the molecule is O=C(Nc1nc(-c2ccncc2)cs1)NC1CCCc2ccccc21. The highest BCUT2D eigenvalue weighted by Gasteiger charge is 2.21. The molecule has 25 heavy (non-hydrogen) atoms. The Morgan fingerprint density at radius 3 is 2.88 bits per heavy atom. The van der Waals surface area contributed by atoms with Crippen LogP contribution in [-0.4, -0.2) is 16.0 Å². The number of urea groups is 1. The highest BCUT2D eigenvalue weighted by Crippen LogP contribution is 2.30. The van der Waals surface area contributed by atoms with Crippen molar-refractivity contribution in [2.24, 2.45) is 0 Å². The number of fused-ring (bicyclic) bond motifs is 1. The van der Waals surface area contributed by atoms with Gasteiger partial charge in [0, 0.05) is 23.3 Å². The summed E-state index contributed by atoms with van der Waals surface area (Å²) >= 11 is 1.42. The molecule has 1 aliphatic carbocycles. The number of thiazole rings is 1. The van der Waals surface area contributed by atoms with E-state index in [-0.39, 0.29) is 12.1 Å². The minimum absolute atomic E-state index is 0.0598. The number of aryl methyl sites for hydroxylation is 1. The third-order valence-electron chi connectivity index (χ3n) is 4.38. The number of carbonyl (C=O) groups excluding carboxylic acids is 1. The van der Waals surface area contributed by atoms with E-state index in [4.69, 9.17) is 0 Å². The Morgan fingerprint density at radius 2 is 2.00 bits per heavy atom. The Kier molecular flexibility index (Phi) is 4.43. The monoisotopic (exact) mass is 350 g/mol. The van der Waals surface area contributed by atoms with Gasteiger partial charge in [-0.2, -0.15) is 0 Å². The maximum atomic E-state index is 12.4. The highest BCUT2D eigenvalue weighted by molar-refractivity contribution is 7.14. The van der Waals surface area contributed by atoms with Crippen LogP contribution in [-0.2, 0) is 6.42 Å². The first-order chi connectivity index (χ1) is 12.3. The first-order valence-electron chi connectivity index (χ1n) is 8.31. The standard InChI is InChI=1S/C19H18N4OS/c24-18(21-16-7-3-5-13-4-1-2-6-15(13)16)23-19-22-17(12-25-19)14-8-10-20-11-9-14/h1-2,4,6,8-12,16H,3,5,7H2,(H2,21,22,23,24). The van der Waals surface area contributed by atoms with E-state index in [1.165, 1.54) is 22.5 Å². The van der Waals surface area contributed by atoms with Gasteiger partial charge in [-0.1, -0.05) is 24.3 Å². The quantitative estimate of drug-likeness (QED) is 0.735. The number of nitrogens with zero attached hydrogens (tertiary/aromatic N) is 2. The number of hydrogen-bond donors (Lipinski definition) is 2. The molecule has 4 rings (SSSR count). The van der Waals surface area contributed by atoms with Crippen molar-refractivity contribution in [2.45, 2.75) is 25.3 Å². The molecule has 126 valence electrons. The van der Waals surface area contributed by atoms with Crippen molar-refractivity contribution in [3.05, 3.63) is 65.3 Å². The van der Waals surface area contributed by atoms with Gasteiger partial charge < -0.3 is 5.32 Å². The fourth-order valence-corrected chi connectivity index (χ4v) is 3.90. The highest BCUT2D eigenvalue weighted by atomic mass is 32.1. The van der Waals surface area contributed by atoms with Gasteiger partial charge in [-0.05, 0) is 42.5 Å². The maximum Gasteiger partial charge on any atom is 0.321 e. The molecule has 6 heteroatoms. The average Bonchev–Trinajstić information content (AvgIpc) is 3.11. The second kappa shape index (κ2) is 7.03. The van der Waals surface area contributed by atoms with E-state index in [1.54, 1.807) is 12.4 Å². The summed E-state index contributed by atoms with van der Waals surface area (Å²) in [5.41, 5.74) is 4.38. The molecule has 0 saturated heterocycles. The lowest BCUT2D eigenvalue weighted by Crippen LogP contribution is -2.34. The summed E-state index contributed by atoms with van der Waals surface area (Å²) in [5.74, 6) is 0. The van der Waals surface area contributed by atoms with Gasteiger partial charge in [0.2, 0.25) is 0 Å². The molecule has 0 saturated carbocycles. The largest absolute Gasteiger partial charge is 0.331 e. The van der Waals surface area contributed by atoms with Gasteiger partial charge in [-0.25, -0.2) is 9.78 Å². The fourth-order valence-electron chi connectivity index (χ4n) is 3.18. The Bertz CT molecular complexity index is 878. The molecule has 1 unspecified atom stereocenters. The lowest BCUT2D eigenvalue weighted by Gasteiger charge is -2.26. The number of nitrogens with one attached hydrogen (secondary N) is 2. The predicted molar refractivity (Wildman–Crippen MR) is 99.6 cm³/mol. The number of pyridine rings is 1. The molecule has 2 N–H and O–H groups in total. The molecule has 0 aliphatic heterocycles. The van der Waals surface area contributed by atoms with Crippen LogP contribution in [0.1, 0.15) is 30.0 Å². The molecule has 1 aliphatic rings. The van der Waals surface area contributed by atoms with Crippen LogP contribution in [0.2, 0.25) is 0 Å². The first-order valence-corrected chi connectivity index (χ1v) is 9.19. The van der Waals surface area contributed by atoms with E-state index in [0.29, 0.717) is 5.13 Å². The minimum Gasteiger partial charge on any atom is -0.331 e. The topological polar surface area (TPSA) is 66.9 Å². The molecule has 0 radical (unpaired) electrons. The van der Waals surface area contributed by atoms with Crippen LogP contribution in [0.3, 0.4) is 0 Å². The molecule has 0 spiro atoms. The molecule has 0 bridgehead atoms. The Morgan fingerprint density at radius 1 is 1.16 bits per heavy atom. The molecule has 1 atom stereocenters. The summed E-state index contributed by atoms with van der Waals surface area (Å²) in [4.78, 5) is 20.9. The van der Waals surface area contributed by atoms with E-state index in [1.807, 2.05) is 23.6 Å². The summed E-state index contributed by atoms with van der Waals surface area (Å²) in [6, 6.07) is 12.0. The predicted octanol–water partition coefficient (Wildman–Crippen LogP) is 4.40. The molecule has 2 heterocycles. The third kappa shape index (κ3) is 3.53. The van der Waals surface area contributed by atoms with E-state index in [2.05, 4.69) is 38.8 Å². The van der Waals surface area contributed by atoms with E-state index in [0.717, 1.165) is 30.5 Å². The van der Waals surface area contributed by atoms with Crippen LogP contribution in [0, 0.1) is 0 Å². The number of rotatable bonds is 3. The van der Waals surface area contributed by atoms with Gasteiger partial charge in [0.1, 0.15) is 0 Å². The molecular weight excluding hydrogens is 332 g/mol. The number of benzene rings is 1. The van der Waals surface area contributed by atoms with Crippen LogP contribution in [0.25, 0.3) is 11.3 Å². The zero-order chi connectivity index (χ0) is 17.1. The minimum atomic E-state index is -0.211. The summed E-state index contributed by atoms with van der Waals surface area (Å²) in [5, 5.41) is 8.45. The number of aromatic nitrogens is 2. The van der Waals surface area contributed by atoms with Crippen LogP contribution in [0.4, 0.5) is 9.93 Å². The maximum absolute atomic E-state index is 12.4. The van der Waals surface area contributed by atoms with Gasteiger partial charge in [0.05, 0.1) is 11.7 Å². The first kappa shape index (κ1) is 15.8. The number of hydrogen-bond acceptors (Lipinski definition) is 4. The molecular formula is C19H18N4OS. The van der Waals surface area contributed by atoms with Crippen molar-refractivity contribution >= 4 is 22.5 Å². The fraction of sp³-hybridized carbons (Fsp3) is 0.211. The van der Waals surface area contributed by atoms with Crippen LogP contribution >= 0.6 is 11.3 Å². The Balaban J connectivity index is 1.43. The molecule has 5 nitrogen and oxygen atoms in total. The van der Waals surface area contributed by atoms with E-state index in [9.17, 15) is 4.79 Å². The zero-order valence-electron chi connectivity index (χ0n) is 13.6. The Hall–Kier alpha value is -2.73. The molecule has 3 aromatic rings. The zero-order valence-corrected chi connectivity index (χ0v) is 14.4. The molecule has 0 fully saturated rings. The van der Waals surface area contributed by atoms with Gasteiger partial charge >= 0.3 is 6.03 Å². The lowest BCUT2D eigenvalue weighted by atomic mass is 9.88. The van der Waals surface area contributed by atoms with E-state index >= 15 is 0 Å². The van der Waals surface area contributed by atoms with E-state index < -0.39 is 0 Å². The second-order valence-electron chi connectivity index (χ2n) is 6.02. The van der Waals surface area contributed by atoms with Crippen LogP contribution in [0.5, 0.6) is 0 Å². The normalized spacial score (nSPS) is 16.1. The lowest BCUT2D eigenvalue weighted by molar-refractivity contribution is 0.247. The summed E-state index contributed by atoms with van der Waals surface area (Å²) in [7, 11) is 0. The smallest absolute Gasteiger partial charge is 0.321 e. The number of anilines is 1. The van der Waals surface area contributed by atoms with Gasteiger partial charge in [-0.3, -0.25) is 10.3 Å². The summed E-state index contributed by atoms with van der Waals surface area (Å²) in [6.07, 6.45) is 6.59. The molecule has 2 amide bonds. The van der Waals surface area contributed by atoms with Crippen LogP contribution in [0.15, 0.2) is 54.2 Å². The molecule has 1 aromatic carbocycles. The number of amides is 2. The van der Waals surface area contributed by atoms with Crippen molar-refractivity contribution in [2.75, 3.05) is 5.32 Å². The third-order valence-corrected chi connectivity index (χ3v) is 5.13. The van der Waals surface area contributed by atoms with Crippen molar-refractivity contribution < 1.29 is 4.79 Å². The van der Waals surface area contributed by atoms with Crippen molar-refractivity contribution in [3.8, 4) is 11.3 Å². The summed E-state index contributed by atoms with van der Waals surface area (Å²) < 4.78 is 0. The molecule has 2 aromatic heterocycles. The number of carbonyl (C=O) groups is 1. The average molecular weight is 350 g/mol. The van der Waals surface area contributed by atoms with Crippen molar-refractivity contribution in [1.29, 1.82) is 0 Å². The van der Waals surface area contributed by atoms with Gasteiger partial charge in [-0.15, -0.1) is 11.3 Å². The second-order valence-corrected chi connectivity index (χ2v) is 6.87. The summed E-state index contributed by atoms with van der Waals surface area (Å²) in [6.45, 7) is 0. The van der Waals surface area contributed by atoms with Crippen LogP contribution < -0.4 is 10.6 Å². The Labute approximate surface area is 150 Å². The van der Waals surface area contributed by atoms with Crippen molar-refractivity contribution in [1.82, 2.24) is 15.3 Å².